The van der Waals surface area contributed by atoms with Crippen molar-refractivity contribution in [2.24, 2.45) is 5.92 Å². The van der Waals surface area contributed by atoms with Gasteiger partial charge >= 0.3 is 0 Å². The molecule has 0 saturated carbocycles. The van der Waals surface area contributed by atoms with E-state index in [1.807, 2.05) is 24.3 Å². The van der Waals surface area contributed by atoms with Crippen LogP contribution in [-0.2, 0) is 4.79 Å². The lowest BCUT2D eigenvalue weighted by Crippen LogP contribution is -2.11. The van der Waals surface area contributed by atoms with Crippen molar-refractivity contribution < 1.29 is 4.79 Å². The minimum Gasteiger partial charge on any atom is -0.295 e. The fourth-order valence-electron chi connectivity index (χ4n) is 1.85. The Balaban J connectivity index is 2.41. The van der Waals surface area contributed by atoms with Gasteiger partial charge in [0.1, 0.15) is 0 Å². The van der Waals surface area contributed by atoms with E-state index in [9.17, 15) is 4.79 Å². The van der Waals surface area contributed by atoms with Gasteiger partial charge in [0.05, 0.1) is 12.0 Å². The molecule has 1 aromatic carbocycles. The van der Waals surface area contributed by atoms with Crippen LogP contribution in [-0.4, -0.2) is 5.78 Å². The van der Waals surface area contributed by atoms with Gasteiger partial charge in [-0.05, 0) is 35.8 Å². The van der Waals surface area contributed by atoms with Crippen molar-refractivity contribution in [1.29, 1.82) is 5.26 Å². The molecule has 0 aliphatic heterocycles. The van der Waals surface area contributed by atoms with Crippen LogP contribution < -0.4 is 0 Å². The summed E-state index contributed by atoms with van der Waals surface area (Å²) in [6.07, 6.45) is 2.73. The molecule has 16 heavy (non-hydrogen) atoms. The Hall–Kier alpha value is -1.40. The van der Waals surface area contributed by atoms with Crippen LogP contribution in [0.3, 0.4) is 0 Å². The van der Waals surface area contributed by atoms with Gasteiger partial charge in [0.15, 0.2) is 5.78 Å². The SMILES string of the molecule is N#CC1CCC(=O)C=C1c1ccc(Br)cc1. The third-order valence-electron chi connectivity index (χ3n) is 2.70. The third-order valence-corrected chi connectivity index (χ3v) is 3.23. The van der Waals surface area contributed by atoms with Gasteiger partial charge in [0, 0.05) is 10.9 Å². The van der Waals surface area contributed by atoms with Gasteiger partial charge in [-0.15, -0.1) is 0 Å². The highest BCUT2D eigenvalue weighted by molar-refractivity contribution is 9.10. The molecule has 0 N–H and O–H groups in total. The molecule has 0 saturated heterocycles. The number of ketones is 1. The van der Waals surface area contributed by atoms with Crippen LogP contribution in [0.15, 0.2) is 34.8 Å². The van der Waals surface area contributed by atoms with Gasteiger partial charge in [-0.25, -0.2) is 0 Å². The van der Waals surface area contributed by atoms with E-state index < -0.39 is 0 Å². The molecular weight excluding hydrogens is 266 g/mol. The van der Waals surface area contributed by atoms with Crippen molar-refractivity contribution >= 4 is 27.3 Å². The van der Waals surface area contributed by atoms with Gasteiger partial charge in [-0.2, -0.15) is 5.26 Å². The van der Waals surface area contributed by atoms with Gasteiger partial charge in [-0.3, -0.25) is 4.79 Å². The van der Waals surface area contributed by atoms with E-state index in [4.69, 9.17) is 5.26 Å². The number of allylic oxidation sites excluding steroid dienone is 2. The van der Waals surface area contributed by atoms with Gasteiger partial charge in [-0.1, -0.05) is 28.1 Å². The number of hydrogen-bond acceptors (Lipinski definition) is 2. The first-order valence-corrected chi connectivity index (χ1v) is 5.90. The second-order valence-corrected chi connectivity index (χ2v) is 4.71. The number of carbonyl (C=O) groups is 1. The molecule has 1 atom stereocenters. The molecule has 0 amide bonds. The zero-order valence-electron chi connectivity index (χ0n) is 8.61. The van der Waals surface area contributed by atoms with E-state index in [1.165, 1.54) is 0 Å². The first kappa shape index (κ1) is 11.1. The molecule has 3 heteroatoms. The van der Waals surface area contributed by atoms with Crippen molar-refractivity contribution in [3.63, 3.8) is 0 Å². The van der Waals surface area contributed by atoms with Crippen LogP contribution in [0.2, 0.25) is 0 Å². The Labute approximate surface area is 103 Å². The Morgan fingerprint density at radius 2 is 2.00 bits per heavy atom. The van der Waals surface area contributed by atoms with Gasteiger partial charge in [0.25, 0.3) is 0 Å². The largest absolute Gasteiger partial charge is 0.295 e. The molecule has 1 aliphatic carbocycles. The summed E-state index contributed by atoms with van der Waals surface area (Å²) in [7, 11) is 0. The molecule has 0 heterocycles. The van der Waals surface area contributed by atoms with E-state index in [1.54, 1.807) is 6.08 Å². The van der Waals surface area contributed by atoms with E-state index in [2.05, 4.69) is 22.0 Å². The summed E-state index contributed by atoms with van der Waals surface area (Å²) in [4.78, 5) is 11.4. The smallest absolute Gasteiger partial charge is 0.156 e. The number of benzene rings is 1. The van der Waals surface area contributed by atoms with Gasteiger partial charge in [0.2, 0.25) is 0 Å². The molecule has 1 aliphatic rings. The Bertz CT molecular complexity index is 482. The first-order chi connectivity index (χ1) is 7.70. The standard InChI is InChI=1S/C13H10BrNO/c14-11-4-1-9(2-5-11)13-7-12(16)6-3-10(13)8-15/h1-2,4-5,7,10H,3,6H2. The van der Waals surface area contributed by atoms with E-state index >= 15 is 0 Å². The van der Waals surface area contributed by atoms with Crippen molar-refractivity contribution in [3.8, 4) is 6.07 Å². The Kier molecular flexibility index (Phi) is 3.21. The molecule has 0 spiro atoms. The second-order valence-electron chi connectivity index (χ2n) is 3.79. The lowest BCUT2D eigenvalue weighted by molar-refractivity contribution is -0.115. The number of rotatable bonds is 1. The minimum absolute atomic E-state index is 0.115. The molecule has 1 unspecified atom stereocenters. The van der Waals surface area contributed by atoms with Crippen LogP contribution >= 0.6 is 15.9 Å². The maximum atomic E-state index is 11.4. The molecule has 0 radical (unpaired) electrons. The van der Waals surface area contributed by atoms with Crippen molar-refractivity contribution in [1.82, 2.24) is 0 Å². The summed E-state index contributed by atoms with van der Waals surface area (Å²) in [5, 5.41) is 9.05. The summed E-state index contributed by atoms with van der Waals surface area (Å²) in [6, 6.07) is 9.95. The quantitative estimate of drug-likeness (QED) is 0.789. The van der Waals surface area contributed by atoms with Crippen LogP contribution in [0.5, 0.6) is 0 Å². The highest BCUT2D eigenvalue weighted by Crippen LogP contribution is 2.31. The fraction of sp³-hybridized carbons (Fsp3) is 0.231. The Morgan fingerprint density at radius 1 is 1.31 bits per heavy atom. The van der Waals surface area contributed by atoms with E-state index in [-0.39, 0.29) is 11.7 Å². The lowest BCUT2D eigenvalue weighted by atomic mass is 9.84. The predicted molar refractivity (Wildman–Crippen MR) is 65.5 cm³/mol. The summed E-state index contributed by atoms with van der Waals surface area (Å²) >= 11 is 3.36. The van der Waals surface area contributed by atoms with Crippen molar-refractivity contribution in [2.45, 2.75) is 12.8 Å². The zero-order chi connectivity index (χ0) is 11.5. The summed E-state index contributed by atoms with van der Waals surface area (Å²) in [6.45, 7) is 0. The number of halogens is 1. The highest BCUT2D eigenvalue weighted by atomic mass is 79.9. The zero-order valence-corrected chi connectivity index (χ0v) is 10.2. The molecule has 0 bridgehead atoms. The normalized spacial score (nSPS) is 20.1. The van der Waals surface area contributed by atoms with Crippen molar-refractivity contribution in [2.75, 3.05) is 0 Å². The molecule has 2 nitrogen and oxygen atoms in total. The molecular formula is C13H10BrNO. The second kappa shape index (κ2) is 4.63. The summed E-state index contributed by atoms with van der Waals surface area (Å²) in [5.74, 6) is -0.0386. The lowest BCUT2D eigenvalue weighted by Gasteiger charge is -2.17. The molecule has 2 rings (SSSR count). The number of hydrogen-bond donors (Lipinski definition) is 0. The van der Waals surface area contributed by atoms with E-state index in [0.29, 0.717) is 12.8 Å². The van der Waals surface area contributed by atoms with Crippen LogP contribution in [0.1, 0.15) is 18.4 Å². The number of carbonyl (C=O) groups excluding carboxylic acids is 1. The van der Waals surface area contributed by atoms with Gasteiger partial charge < -0.3 is 0 Å². The van der Waals surface area contributed by atoms with Crippen LogP contribution in [0.4, 0.5) is 0 Å². The summed E-state index contributed by atoms with van der Waals surface area (Å²) in [5.41, 5.74) is 1.81. The molecule has 0 fully saturated rings. The van der Waals surface area contributed by atoms with E-state index in [0.717, 1.165) is 15.6 Å². The fourth-order valence-corrected chi connectivity index (χ4v) is 2.11. The highest BCUT2D eigenvalue weighted by Gasteiger charge is 2.22. The molecule has 0 aromatic heterocycles. The Morgan fingerprint density at radius 3 is 2.62 bits per heavy atom. The topological polar surface area (TPSA) is 40.9 Å². The maximum Gasteiger partial charge on any atom is 0.156 e. The minimum atomic E-state index is -0.154. The van der Waals surface area contributed by atoms with Crippen molar-refractivity contribution in [3.05, 3.63) is 40.4 Å². The average Bonchev–Trinajstić information content (AvgIpc) is 2.30. The predicted octanol–water partition coefficient (Wildman–Crippen LogP) is 3.34. The number of nitrogens with zero attached hydrogens (tertiary/aromatic N) is 1. The average molecular weight is 276 g/mol. The van der Waals surface area contributed by atoms with Crippen LogP contribution in [0, 0.1) is 17.2 Å². The molecule has 1 aromatic rings. The number of nitriles is 1. The maximum absolute atomic E-state index is 11.4. The third kappa shape index (κ3) is 2.23. The monoisotopic (exact) mass is 275 g/mol. The van der Waals surface area contributed by atoms with Crippen LogP contribution in [0.25, 0.3) is 5.57 Å². The molecule has 80 valence electrons. The summed E-state index contributed by atoms with van der Waals surface area (Å²) < 4.78 is 0.993. The first-order valence-electron chi connectivity index (χ1n) is 5.10.